The maximum absolute atomic E-state index is 2.70. The molecule has 66 valence electrons. The van der Waals surface area contributed by atoms with Crippen molar-refractivity contribution in [2.45, 2.75) is 44.8 Å². The summed E-state index contributed by atoms with van der Waals surface area (Å²) in [6, 6.07) is 1.59. The van der Waals surface area contributed by atoms with Gasteiger partial charge >= 0.3 is 0 Å². The Bertz CT molecular complexity index is 111. The molecule has 11 heavy (non-hydrogen) atoms. The van der Waals surface area contributed by atoms with Gasteiger partial charge < -0.3 is 4.90 Å². The van der Waals surface area contributed by atoms with Gasteiger partial charge in [0.25, 0.3) is 0 Å². The summed E-state index contributed by atoms with van der Waals surface area (Å²) >= 11 is 0. The molecule has 0 spiro atoms. The summed E-state index contributed by atoms with van der Waals surface area (Å²) in [4.78, 5) is 2.70. The Labute approximate surface area is 73.0 Å². The summed E-state index contributed by atoms with van der Waals surface area (Å²) in [5.41, 5.74) is 0. The van der Waals surface area contributed by atoms with Gasteiger partial charge in [0, 0.05) is 14.7 Å². The molecular weight excluding hydrogens is 150 g/mol. The highest BCUT2D eigenvalue weighted by Crippen LogP contribution is 2.33. The first kappa shape index (κ1) is 9.27. The summed E-state index contributed by atoms with van der Waals surface area (Å²) in [5, 5.41) is 0.753. The molecule has 1 heterocycles. The predicted molar refractivity (Wildman–Crippen MR) is 53.9 cm³/mol. The molecule has 0 aromatic heterocycles. The molecule has 2 heteroatoms. The van der Waals surface area contributed by atoms with Gasteiger partial charge in [-0.25, -0.2) is 0 Å². The quantitative estimate of drug-likeness (QED) is 0.578. The highest BCUT2D eigenvalue weighted by atomic mass is 28.2. The van der Waals surface area contributed by atoms with Crippen molar-refractivity contribution in [1.82, 2.24) is 4.90 Å². The van der Waals surface area contributed by atoms with Gasteiger partial charge in [-0.15, -0.1) is 0 Å². The second-order valence-electron chi connectivity index (χ2n) is 3.60. The molecule has 0 aromatic rings. The van der Waals surface area contributed by atoms with Gasteiger partial charge in [-0.3, -0.25) is 0 Å². The van der Waals surface area contributed by atoms with Crippen LogP contribution in [-0.4, -0.2) is 32.7 Å². The molecule has 1 unspecified atom stereocenters. The number of hydrogen-bond donors (Lipinski definition) is 0. The molecule has 0 saturated carbocycles. The lowest BCUT2D eigenvalue weighted by Crippen LogP contribution is -2.58. The Morgan fingerprint density at radius 1 is 1.27 bits per heavy atom. The molecule has 1 atom stereocenters. The van der Waals surface area contributed by atoms with Crippen LogP contribution < -0.4 is 0 Å². The lowest BCUT2D eigenvalue weighted by atomic mass is 10.1. The molecule has 0 amide bonds. The molecule has 1 aliphatic rings. The smallest absolute Gasteiger partial charge is 0.0447 e. The highest BCUT2D eigenvalue weighted by molar-refractivity contribution is 6.44. The first-order chi connectivity index (χ1) is 5.29. The Morgan fingerprint density at radius 2 is 1.82 bits per heavy atom. The Morgan fingerprint density at radius 3 is 1.91 bits per heavy atom. The Balaban J connectivity index is 2.51. The van der Waals surface area contributed by atoms with Crippen LogP contribution in [0.3, 0.4) is 0 Å². The van der Waals surface area contributed by atoms with Crippen LogP contribution >= 0.6 is 0 Å². The van der Waals surface area contributed by atoms with E-state index < -0.39 is 0 Å². The summed E-state index contributed by atoms with van der Waals surface area (Å²) < 4.78 is 0. The summed E-state index contributed by atoms with van der Waals surface area (Å²) in [7, 11) is 0.269. The lowest BCUT2D eigenvalue weighted by molar-refractivity contribution is 0.145. The molecule has 0 aliphatic carbocycles. The zero-order chi connectivity index (χ0) is 8.32. The van der Waals surface area contributed by atoms with Crippen molar-refractivity contribution in [1.29, 1.82) is 0 Å². The maximum Gasteiger partial charge on any atom is 0.0447 e. The van der Waals surface area contributed by atoms with Gasteiger partial charge in [-0.1, -0.05) is 26.8 Å². The zero-order valence-electron chi connectivity index (χ0n) is 8.19. The average Bonchev–Trinajstić information content (AvgIpc) is 1.96. The van der Waals surface area contributed by atoms with E-state index in [1.807, 2.05) is 0 Å². The lowest BCUT2D eigenvalue weighted by Gasteiger charge is -2.49. The van der Waals surface area contributed by atoms with E-state index in [1.165, 1.54) is 25.9 Å². The third-order valence-electron chi connectivity index (χ3n) is 3.38. The molecule has 1 fully saturated rings. The van der Waals surface area contributed by atoms with Crippen LogP contribution in [0, 0.1) is 0 Å². The SMILES string of the molecule is CCN(CC)C1(CC)CC[SiH2]1. The second-order valence-corrected chi connectivity index (χ2v) is 6.13. The largest absolute Gasteiger partial charge is 0.301 e. The van der Waals surface area contributed by atoms with E-state index in [0.717, 1.165) is 5.16 Å². The van der Waals surface area contributed by atoms with E-state index in [2.05, 4.69) is 25.7 Å². The third kappa shape index (κ3) is 1.52. The van der Waals surface area contributed by atoms with Crippen LogP contribution in [0.15, 0.2) is 0 Å². The molecule has 1 saturated heterocycles. The van der Waals surface area contributed by atoms with Crippen molar-refractivity contribution < 1.29 is 0 Å². The van der Waals surface area contributed by atoms with Crippen molar-refractivity contribution in [3.63, 3.8) is 0 Å². The van der Waals surface area contributed by atoms with Crippen LogP contribution in [0.4, 0.5) is 0 Å². The number of hydrogen-bond acceptors (Lipinski definition) is 1. The summed E-state index contributed by atoms with van der Waals surface area (Å²) in [6.07, 6.45) is 2.90. The van der Waals surface area contributed by atoms with Gasteiger partial charge in [-0.05, 0) is 25.9 Å². The molecule has 0 radical (unpaired) electrons. The van der Waals surface area contributed by atoms with Crippen LogP contribution in [0.25, 0.3) is 0 Å². The standard InChI is InChI=1S/C9H21NSi/c1-4-9(7-8-11-9)10(5-2)6-3/h4-8,11H2,1-3H3. The molecule has 0 bridgehead atoms. The first-order valence-electron chi connectivity index (χ1n) is 5.04. The monoisotopic (exact) mass is 171 g/mol. The molecule has 0 N–H and O–H groups in total. The molecule has 1 nitrogen and oxygen atoms in total. The van der Waals surface area contributed by atoms with E-state index >= 15 is 0 Å². The minimum absolute atomic E-state index is 0.269. The van der Waals surface area contributed by atoms with E-state index in [4.69, 9.17) is 0 Å². The van der Waals surface area contributed by atoms with E-state index in [9.17, 15) is 0 Å². The fourth-order valence-electron chi connectivity index (χ4n) is 2.37. The van der Waals surface area contributed by atoms with Gasteiger partial charge in [0.15, 0.2) is 0 Å². The molecule has 1 rings (SSSR count). The number of nitrogens with zero attached hydrogens (tertiary/aromatic N) is 1. The van der Waals surface area contributed by atoms with Crippen LogP contribution in [0.5, 0.6) is 0 Å². The van der Waals surface area contributed by atoms with Gasteiger partial charge in [0.2, 0.25) is 0 Å². The topological polar surface area (TPSA) is 3.24 Å². The van der Waals surface area contributed by atoms with Crippen molar-refractivity contribution in [2.24, 2.45) is 0 Å². The Hall–Kier alpha value is 0.177. The second kappa shape index (κ2) is 3.72. The van der Waals surface area contributed by atoms with Gasteiger partial charge in [-0.2, -0.15) is 0 Å². The minimum atomic E-state index is 0.269. The molecule has 0 aromatic carbocycles. The predicted octanol–water partition coefficient (Wildman–Crippen LogP) is 1.43. The van der Waals surface area contributed by atoms with Crippen LogP contribution in [-0.2, 0) is 0 Å². The van der Waals surface area contributed by atoms with Crippen molar-refractivity contribution in [3.05, 3.63) is 0 Å². The number of rotatable bonds is 4. The van der Waals surface area contributed by atoms with E-state index in [0.29, 0.717) is 0 Å². The minimum Gasteiger partial charge on any atom is -0.301 e. The fraction of sp³-hybridized carbons (Fsp3) is 1.00. The van der Waals surface area contributed by atoms with Crippen LogP contribution in [0.2, 0.25) is 6.04 Å². The van der Waals surface area contributed by atoms with E-state index in [1.54, 1.807) is 6.04 Å². The van der Waals surface area contributed by atoms with E-state index in [-0.39, 0.29) is 9.52 Å². The van der Waals surface area contributed by atoms with Crippen LogP contribution in [0.1, 0.15) is 33.6 Å². The first-order valence-corrected chi connectivity index (χ1v) is 6.75. The molecule has 1 aliphatic heterocycles. The average molecular weight is 171 g/mol. The van der Waals surface area contributed by atoms with Gasteiger partial charge in [0.05, 0.1) is 0 Å². The highest BCUT2D eigenvalue weighted by Gasteiger charge is 2.39. The van der Waals surface area contributed by atoms with Crippen molar-refractivity contribution in [2.75, 3.05) is 13.1 Å². The van der Waals surface area contributed by atoms with Gasteiger partial charge in [0.1, 0.15) is 0 Å². The molecular formula is C9H21NSi. The normalized spacial score (nSPS) is 32.7. The Kier molecular flexibility index (Phi) is 3.13. The zero-order valence-corrected chi connectivity index (χ0v) is 9.60. The third-order valence-corrected chi connectivity index (χ3v) is 6.32. The van der Waals surface area contributed by atoms with Crippen molar-refractivity contribution >= 4 is 9.52 Å². The summed E-state index contributed by atoms with van der Waals surface area (Å²) in [6.45, 7) is 9.49. The maximum atomic E-state index is 2.70. The summed E-state index contributed by atoms with van der Waals surface area (Å²) in [5.74, 6) is 0. The van der Waals surface area contributed by atoms with Crippen molar-refractivity contribution in [3.8, 4) is 0 Å². The fourth-order valence-corrected chi connectivity index (χ4v) is 4.66.